The first-order chi connectivity index (χ1) is 8.75. The molecule has 1 heterocycles. The summed E-state index contributed by atoms with van der Waals surface area (Å²) in [5.74, 6) is 0. The maximum absolute atomic E-state index is 6.58. The molecule has 0 saturated heterocycles. The van der Waals surface area contributed by atoms with Gasteiger partial charge in [-0.3, -0.25) is 4.98 Å². The molecular weight excluding hydrogens is 220 g/mol. The third-order valence-corrected chi connectivity index (χ3v) is 3.83. The predicted octanol–water partition coefficient (Wildman–Crippen LogP) is 2.51. The summed E-state index contributed by atoms with van der Waals surface area (Å²) < 4.78 is 0. The molecule has 2 aromatic rings. The fourth-order valence-electron chi connectivity index (χ4n) is 2.89. The summed E-state index contributed by atoms with van der Waals surface area (Å²) in [5, 5.41) is 0. The molecule has 1 aliphatic rings. The molecule has 0 aliphatic heterocycles. The maximum Gasteiger partial charge on any atom is 0.0300 e. The summed E-state index contributed by atoms with van der Waals surface area (Å²) in [6.45, 7) is 0. The summed E-state index contributed by atoms with van der Waals surface area (Å²) in [4.78, 5) is 4.17. The van der Waals surface area contributed by atoms with Crippen LogP contribution in [0.5, 0.6) is 0 Å². The Bertz CT molecular complexity index is 536. The van der Waals surface area contributed by atoms with Crippen LogP contribution in [0.25, 0.3) is 0 Å². The highest BCUT2D eigenvalue weighted by Gasteiger charge is 2.30. The van der Waals surface area contributed by atoms with E-state index in [1.165, 1.54) is 16.7 Å². The number of hydrogen-bond donors (Lipinski definition) is 1. The first kappa shape index (κ1) is 11.4. The highest BCUT2D eigenvalue weighted by Crippen LogP contribution is 2.29. The van der Waals surface area contributed by atoms with E-state index in [1.54, 1.807) is 0 Å². The number of aromatic nitrogens is 1. The van der Waals surface area contributed by atoms with Crippen molar-refractivity contribution in [2.24, 2.45) is 5.73 Å². The van der Waals surface area contributed by atoms with Crippen LogP contribution in [0.15, 0.2) is 48.8 Å². The van der Waals surface area contributed by atoms with Gasteiger partial charge in [0.2, 0.25) is 0 Å². The lowest BCUT2D eigenvalue weighted by Crippen LogP contribution is -2.47. The zero-order valence-corrected chi connectivity index (χ0v) is 10.5. The molecular formula is C16H18N2. The molecule has 0 amide bonds. The van der Waals surface area contributed by atoms with Crippen LogP contribution >= 0.6 is 0 Å². The van der Waals surface area contributed by atoms with Gasteiger partial charge in [0, 0.05) is 17.9 Å². The molecule has 1 unspecified atom stereocenters. The zero-order valence-electron chi connectivity index (χ0n) is 10.5. The second-order valence-electron chi connectivity index (χ2n) is 5.35. The lowest BCUT2D eigenvalue weighted by molar-refractivity contribution is 0.369. The Morgan fingerprint density at radius 2 is 1.94 bits per heavy atom. The summed E-state index contributed by atoms with van der Waals surface area (Å²) in [6, 6.07) is 12.7. The topological polar surface area (TPSA) is 38.9 Å². The van der Waals surface area contributed by atoms with Gasteiger partial charge < -0.3 is 5.73 Å². The Morgan fingerprint density at radius 3 is 2.72 bits per heavy atom. The van der Waals surface area contributed by atoms with Gasteiger partial charge in [0.25, 0.3) is 0 Å². The Morgan fingerprint density at radius 1 is 1.11 bits per heavy atom. The van der Waals surface area contributed by atoms with E-state index in [-0.39, 0.29) is 5.54 Å². The Hall–Kier alpha value is -1.67. The van der Waals surface area contributed by atoms with Crippen molar-refractivity contribution >= 4 is 0 Å². The molecule has 0 bridgehead atoms. The van der Waals surface area contributed by atoms with Crippen LogP contribution in [-0.4, -0.2) is 10.5 Å². The number of aryl methyl sites for hydroxylation is 1. The van der Waals surface area contributed by atoms with Gasteiger partial charge in [0.15, 0.2) is 0 Å². The molecule has 1 atom stereocenters. The average molecular weight is 238 g/mol. The standard InChI is InChI=1S/C16H18N2/c17-16(10-13-4-3-9-18-12-13)8-7-14-5-1-2-6-15(14)11-16/h1-6,9,12H,7-8,10-11,17H2. The van der Waals surface area contributed by atoms with Crippen LogP contribution in [0.1, 0.15) is 23.1 Å². The first-order valence-corrected chi connectivity index (χ1v) is 6.50. The second-order valence-corrected chi connectivity index (χ2v) is 5.35. The summed E-state index contributed by atoms with van der Waals surface area (Å²) in [7, 11) is 0. The fraction of sp³-hybridized carbons (Fsp3) is 0.312. The minimum Gasteiger partial charge on any atom is -0.324 e. The molecule has 3 rings (SSSR count). The van der Waals surface area contributed by atoms with Gasteiger partial charge in [-0.15, -0.1) is 0 Å². The van der Waals surface area contributed by atoms with Crippen molar-refractivity contribution in [1.29, 1.82) is 0 Å². The third-order valence-electron chi connectivity index (χ3n) is 3.83. The van der Waals surface area contributed by atoms with Crippen molar-refractivity contribution in [3.05, 3.63) is 65.5 Å². The minimum absolute atomic E-state index is 0.114. The molecule has 0 fully saturated rings. The number of benzene rings is 1. The van der Waals surface area contributed by atoms with Crippen molar-refractivity contribution in [2.75, 3.05) is 0 Å². The highest BCUT2D eigenvalue weighted by atomic mass is 14.7. The van der Waals surface area contributed by atoms with Crippen molar-refractivity contribution < 1.29 is 0 Å². The summed E-state index contributed by atoms with van der Waals surface area (Å²) in [6.07, 6.45) is 7.76. The van der Waals surface area contributed by atoms with Crippen LogP contribution in [0.2, 0.25) is 0 Å². The van der Waals surface area contributed by atoms with E-state index in [1.807, 2.05) is 18.5 Å². The summed E-state index contributed by atoms with van der Waals surface area (Å²) in [5.41, 5.74) is 10.6. The smallest absolute Gasteiger partial charge is 0.0300 e. The molecule has 0 radical (unpaired) electrons. The van der Waals surface area contributed by atoms with E-state index >= 15 is 0 Å². The zero-order chi connectivity index (χ0) is 12.4. The molecule has 18 heavy (non-hydrogen) atoms. The lowest BCUT2D eigenvalue weighted by atomic mass is 9.75. The Balaban J connectivity index is 1.82. The van der Waals surface area contributed by atoms with E-state index in [0.717, 1.165) is 25.7 Å². The van der Waals surface area contributed by atoms with E-state index in [4.69, 9.17) is 5.73 Å². The van der Waals surface area contributed by atoms with Gasteiger partial charge >= 0.3 is 0 Å². The monoisotopic (exact) mass is 238 g/mol. The first-order valence-electron chi connectivity index (χ1n) is 6.50. The predicted molar refractivity (Wildman–Crippen MR) is 73.3 cm³/mol. The molecule has 2 heteroatoms. The Kier molecular flexibility index (Phi) is 2.88. The van der Waals surface area contributed by atoms with Crippen molar-refractivity contribution in [3.63, 3.8) is 0 Å². The van der Waals surface area contributed by atoms with E-state index in [9.17, 15) is 0 Å². The van der Waals surface area contributed by atoms with Crippen LogP contribution in [-0.2, 0) is 19.3 Å². The molecule has 0 saturated carbocycles. The maximum atomic E-state index is 6.58. The van der Waals surface area contributed by atoms with Gasteiger partial charge in [-0.1, -0.05) is 30.3 Å². The fourth-order valence-corrected chi connectivity index (χ4v) is 2.89. The van der Waals surface area contributed by atoms with E-state index in [0.29, 0.717) is 0 Å². The van der Waals surface area contributed by atoms with Gasteiger partial charge in [0.05, 0.1) is 0 Å². The average Bonchev–Trinajstić information content (AvgIpc) is 2.39. The number of rotatable bonds is 2. The molecule has 0 spiro atoms. The van der Waals surface area contributed by atoms with Gasteiger partial charge in [-0.2, -0.15) is 0 Å². The van der Waals surface area contributed by atoms with Crippen molar-refractivity contribution in [1.82, 2.24) is 4.98 Å². The van der Waals surface area contributed by atoms with Gasteiger partial charge in [-0.25, -0.2) is 0 Å². The highest BCUT2D eigenvalue weighted by molar-refractivity contribution is 5.33. The lowest BCUT2D eigenvalue weighted by Gasteiger charge is -2.35. The Labute approximate surface area is 108 Å². The minimum atomic E-state index is -0.114. The quantitative estimate of drug-likeness (QED) is 0.873. The normalized spacial score (nSPS) is 22.5. The number of hydrogen-bond acceptors (Lipinski definition) is 2. The van der Waals surface area contributed by atoms with Crippen LogP contribution in [0.4, 0.5) is 0 Å². The van der Waals surface area contributed by atoms with Crippen LogP contribution < -0.4 is 5.73 Å². The van der Waals surface area contributed by atoms with E-state index in [2.05, 4.69) is 35.3 Å². The molecule has 2 nitrogen and oxygen atoms in total. The SMILES string of the molecule is NC1(Cc2cccnc2)CCc2ccccc2C1. The molecule has 2 N–H and O–H groups in total. The molecule has 92 valence electrons. The number of fused-ring (bicyclic) bond motifs is 1. The van der Waals surface area contributed by atoms with Gasteiger partial charge in [-0.05, 0) is 48.4 Å². The summed E-state index contributed by atoms with van der Waals surface area (Å²) >= 11 is 0. The van der Waals surface area contributed by atoms with E-state index < -0.39 is 0 Å². The van der Waals surface area contributed by atoms with Crippen LogP contribution in [0.3, 0.4) is 0 Å². The van der Waals surface area contributed by atoms with Crippen LogP contribution in [0, 0.1) is 0 Å². The number of pyridine rings is 1. The van der Waals surface area contributed by atoms with Crippen molar-refractivity contribution in [2.45, 2.75) is 31.2 Å². The molecule has 1 aromatic carbocycles. The number of nitrogens with two attached hydrogens (primary N) is 1. The molecule has 1 aliphatic carbocycles. The second kappa shape index (κ2) is 4.54. The third kappa shape index (κ3) is 2.29. The molecule has 1 aromatic heterocycles. The number of nitrogens with zero attached hydrogens (tertiary/aromatic N) is 1. The largest absolute Gasteiger partial charge is 0.324 e. The van der Waals surface area contributed by atoms with Crippen molar-refractivity contribution in [3.8, 4) is 0 Å². The van der Waals surface area contributed by atoms with Gasteiger partial charge in [0.1, 0.15) is 0 Å².